The summed E-state index contributed by atoms with van der Waals surface area (Å²) in [5.74, 6) is 0.632. The standard InChI is InChI=1S/C24H25ClN4O2S/c1-30-21-10-9-16(14-18(21)25)29-23(22(27-24(29)32)19-7-2-3-11-26-19)20-8-4-12-28(20)15-17-6-5-13-31-17/h2-4,7-12,14,17,22-23H,5-6,13,15H2,1H3,(H,27,32)/t17-,22+,23+/m0/s1. The largest absolute Gasteiger partial charge is 0.495 e. The first-order valence-corrected chi connectivity index (χ1v) is 11.5. The minimum absolute atomic E-state index is 0.0988. The second-order valence-corrected chi connectivity index (χ2v) is 8.83. The highest BCUT2D eigenvalue weighted by Gasteiger charge is 2.42. The van der Waals surface area contributed by atoms with Crippen LogP contribution < -0.4 is 15.0 Å². The first kappa shape index (κ1) is 21.2. The predicted octanol–water partition coefficient (Wildman–Crippen LogP) is 4.90. The van der Waals surface area contributed by atoms with Crippen molar-refractivity contribution in [3.8, 4) is 5.75 Å². The number of hydrogen-bond acceptors (Lipinski definition) is 4. The number of methoxy groups -OCH3 is 1. The van der Waals surface area contributed by atoms with Crippen molar-refractivity contribution in [2.75, 3.05) is 18.6 Å². The molecule has 32 heavy (non-hydrogen) atoms. The zero-order chi connectivity index (χ0) is 22.1. The predicted molar refractivity (Wildman–Crippen MR) is 129 cm³/mol. The number of thiocarbonyl (C=S) groups is 1. The van der Waals surface area contributed by atoms with Gasteiger partial charge >= 0.3 is 0 Å². The lowest BCUT2D eigenvalue weighted by Gasteiger charge is -2.29. The maximum atomic E-state index is 6.48. The van der Waals surface area contributed by atoms with Crippen molar-refractivity contribution in [1.29, 1.82) is 0 Å². The summed E-state index contributed by atoms with van der Waals surface area (Å²) >= 11 is 12.3. The number of pyridine rings is 1. The van der Waals surface area contributed by atoms with Crippen LogP contribution in [0.4, 0.5) is 5.69 Å². The highest BCUT2D eigenvalue weighted by atomic mass is 35.5. The summed E-state index contributed by atoms with van der Waals surface area (Å²) in [6, 6.07) is 15.7. The second kappa shape index (κ2) is 9.10. The molecule has 0 bridgehead atoms. The normalized spacial score (nSPS) is 22.9. The fraction of sp³-hybridized carbons (Fsp3) is 0.333. The maximum Gasteiger partial charge on any atom is 0.174 e. The van der Waals surface area contributed by atoms with Gasteiger partial charge in [-0.25, -0.2) is 0 Å². The van der Waals surface area contributed by atoms with Gasteiger partial charge in [0.1, 0.15) is 11.8 Å². The van der Waals surface area contributed by atoms with Gasteiger partial charge < -0.3 is 24.3 Å². The summed E-state index contributed by atoms with van der Waals surface area (Å²) in [6.07, 6.45) is 6.37. The molecule has 2 fully saturated rings. The Balaban J connectivity index is 1.58. The van der Waals surface area contributed by atoms with Crippen molar-refractivity contribution in [3.05, 3.63) is 77.3 Å². The van der Waals surface area contributed by atoms with Crippen molar-refractivity contribution in [1.82, 2.24) is 14.9 Å². The van der Waals surface area contributed by atoms with Crippen molar-refractivity contribution in [2.24, 2.45) is 0 Å². The summed E-state index contributed by atoms with van der Waals surface area (Å²) in [7, 11) is 1.61. The number of halogens is 1. The maximum absolute atomic E-state index is 6.48. The van der Waals surface area contributed by atoms with Crippen LogP contribution in [-0.2, 0) is 11.3 Å². The molecule has 1 aromatic carbocycles. The molecule has 0 aliphatic carbocycles. The van der Waals surface area contributed by atoms with E-state index in [4.69, 9.17) is 33.3 Å². The topological polar surface area (TPSA) is 51.5 Å². The van der Waals surface area contributed by atoms with Crippen molar-refractivity contribution < 1.29 is 9.47 Å². The van der Waals surface area contributed by atoms with E-state index in [9.17, 15) is 0 Å². The number of aromatic nitrogens is 2. The average molecular weight is 469 g/mol. The van der Waals surface area contributed by atoms with E-state index in [1.165, 1.54) is 0 Å². The lowest BCUT2D eigenvalue weighted by atomic mass is 10.0. The Hall–Kier alpha value is -2.61. The van der Waals surface area contributed by atoms with Crippen molar-refractivity contribution >= 4 is 34.6 Å². The number of rotatable bonds is 6. The van der Waals surface area contributed by atoms with Gasteiger partial charge in [-0.15, -0.1) is 0 Å². The molecule has 3 atom stereocenters. The minimum atomic E-state index is -0.109. The lowest BCUT2D eigenvalue weighted by molar-refractivity contribution is 0.0961. The van der Waals surface area contributed by atoms with Gasteiger partial charge in [0, 0.05) is 36.9 Å². The van der Waals surface area contributed by atoms with Crippen LogP contribution in [0.25, 0.3) is 0 Å². The van der Waals surface area contributed by atoms with Gasteiger partial charge in [-0.1, -0.05) is 17.7 Å². The van der Waals surface area contributed by atoms with Crippen LogP contribution in [0.3, 0.4) is 0 Å². The van der Waals surface area contributed by atoms with E-state index < -0.39 is 0 Å². The first-order valence-electron chi connectivity index (χ1n) is 10.8. The number of anilines is 1. The number of benzene rings is 1. The molecule has 0 unspecified atom stereocenters. The third-order valence-electron chi connectivity index (χ3n) is 6.10. The highest BCUT2D eigenvalue weighted by molar-refractivity contribution is 7.80. The SMILES string of the molecule is COc1ccc(N2C(=S)N[C@H](c3ccccn3)[C@H]2c2cccn2C[C@@H]2CCCO2)cc1Cl. The molecule has 2 aliphatic heterocycles. The molecule has 1 N–H and O–H groups in total. The molecular weight excluding hydrogens is 444 g/mol. The summed E-state index contributed by atoms with van der Waals surface area (Å²) in [5.41, 5.74) is 2.99. The monoisotopic (exact) mass is 468 g/mol. The molecule has 5 rings (SSSR count). The molecule has 3 aromatic rings. The Bertz CT molecular complexity index is 1100. The third-order valence-corrected chi connectivity index (χ3v) is 6.71. The van der Waals surface area contributed by atoms with E-state index in [0.29, 0.717) is 15.9 Å². The smallest absolute Gasteiger partial charge is 0.174 e. The molecule has 0 radical (unpaired) electrons. The van der Waals surface area contributed by atoms with Crippen LogP contribution in [0.1, 0.15) is 36.3 Å². The molecule has 0 amide bonds. The van der Waals surface area contributed by atoms with E-state index >= 15 is 0 Å². The second-order valence-electron chi connectivity index (χ2n) is 8.04. The molecule has 0 spiro atoms. The zero-order valence-electron chi connectivity index (χ0n) is 17.8. The van der Waals surface area contributed by atoms with Crippen LogP contribution >= 0.6 is 23.8 Å². The van der Waals surface area contributed by atoms with E-state index in [0.717, 1.165) is 43.1 Å². The molecular formula is C24H25ClN4O2S. The van der Waals surface area contributed by atoms with Gasteiger partial charge in [-0.3, -0.25) is 4.98 Å². The third kappa shape index (κ3) is 3.96. The first-order chi connectivity index (χ1) is 15.7. The fourth-order valence-electron chi connectivity index (χ4n) is 4.61. The number of ether oxygens (including phenoxy) is 2. The molecule has 6 nitrogen and oxygen atoms in total. The highest BCUT2D eigenvalue weighted by Crippen LogP contribution is 2.43. The van der Waals surface area contributed by atoms with Crippen LogP contribution in [0.5, 0.6) is 5.75 Å². The van der Waals surface area contributed by atoms with E-state index in [2.05, 4.69) is 38.1 Å². The van der Waals surface area contributed by atoms with Gasteiger partial charge in [-0.2, -0.15) is 0 Å². The molecule has 8 heteroatoms. The van der Waals surface area contributed by atoms with Gasteiger partial charge in [0.15, 0.2) is 5.11 Å². The molecule has 166 valence electrons. The Morgan fingerprint density at radius 2 is 2.16 bits per heavy atom. The fourth-order valence-corrected chi connectivity index (χ4v) is 5.21. The Morgan fingerprint density at radius 3 is 2.88 bits per heavy atom. The van der Waals surface area contributed by atoms with Gasteiger partial charge in [0.25, 0.3) is 0 Å². The van der Waals surface area contributed by atoms with Gasteiger partial charge in [0.2, 0.25) is 0 Å². The molecule has 4 heterocycles. The van der Waals surface area contributed by atoms with Crippen LogP contribution in [-0.4, -0.2) is 34.5 Å². The van der Waals surface area contributed by atoms with E-state index in [-0.39, 0.29) is 18.2 Å². The summed E-state index contributed by atoms with van der Waals surface area (Å²) < 4.78 is 13.5. The van der Waals surface area contributed by atoms with Crippen LogP contribution in [0.2, 0.25) is 5.02 Å². The Kier molecular flexibility index (Phi) is 6.04. The number of nitrogens with zero attached hydrogens (tertiary/aromatic N) is 3. The number of nitrogens with one attached hydrogen (secondary N) is 1. The van der Waals surface area contributed by atoms with E-state index in [1.807, 2.05) is 42.6 Å². The van der Waals surface area contributed by atoms with Gasteiger partial charge in [0.05, 0.1) is 30.0 Å². The molecule has 0 saturated carbocycles. The number of hydrogen-bond donors (Lipinski definition) is 1. The van der Waals surface area contributed by atoms with Crippen molar-refractivity contribution in [2.45, 2.75) is 37.6 Å². The minimum Gasteiger partial charge on any atom is -0.495 e. The Morgan fingerprint density at radius 1 is 1.25 bits per heavy atom. The van der Waals surface area contributed by atoms with Gasteiger partial charge in [-0.05, 0) is 67.5 Å². The molecule has 2 aromatic heterocycles. The summed E-state index contributed by atoms with van der Waals surface area (Å²) in [5, 5.41) is 4.68. The zero-order valence-corrected chi connectivity index (χ0v) is 19.4. The van der Waals surface area contributed by atoms with Crippen molar-refractivity contribution in [3.63, 3.8) is 0 Å². The Labute approximate surface area is 198 Å². The van der Waals surface area contributed by atoms with Crippen LogP contribution in [0, 0.1) is 0 Å². The quantitative estimate of drug-likeness (QED) is 0.519. The summed E-state index contributed by atoms with van der Waals surface area (Å²) in [6.45, 7) is 1.65. The lowest BCUT2D eigenvalue weighted by Crippen LogP contribution is -2.31. The average Bonchev–Trinajstić information content (AvgIpc) is 3.55. The molecule has 2 aliphatic rings. The summed E-state index contributed by atoms with van der Waals surface area (Å²) in [4.78, 5) is 6.76. The van der Waals surface area contributed by atoms with Crippen LogP contribution in [0.15, 0.2) is 60.9 Å². The van der Waals surface area contributed by atoms with E-state index in [1.54, 1.807) is 7.11 Å². The molecule has 2 saturated heterocycles.